The van der Waals surface area contributed by atoms with Crippen LogP contribution >= 0.6 is 0 Å². The zero-order valence-electron chi connectivity index (χ0n) is 10.7. The lowest BCUT2D eigenvalue weighted by atomic mass is 10.1. The SMILES string of the molecule is COc1ccc(Nc2ccc(N)cc2C(=O)O)cc1F. The number of halogens is 1. The van der Waals surface area contributed by atoms with Gasteiger partial charge < -0.3 is 20.9 Å². The first-order valence-corrected chi connectivity index (χ1v) is 5.74. The first kappa shape index (κ1) is 13.7. The molecule has 0 spiro atoms. The van der Waals surface area contributed by atoms with E-state index >= 15 is 0 Å². The van der Waals surface area contributed by atoms with Crippen LogP contribution in [0.15, 0.2) is 36.4 Å². The van der Waals surface area contributed by atoms with Gasteiger partial charge in [0.1, 0.15) is 0 Å². The van der Waals surface area contributed by atoms with Gasteiger partial charge >= 0.3 is 5.97 Å². The minimum atomic E-state index is -1.12. The number of anilines is 3. The highest BCUT2D eigenvalue weighted by Crippen LogP contribution is 2.26. The van der Waals surface area contributed by atoms with Crippen LogP contribution in [0.25, 0.3) is 0 Å². The maximum absolute atomic E-state index is 13.6. The molecule has 0 bridgehead atoms. The van der Waals surface area contributed by atoms with Gasteiger partial charge in [-0.2, -0.15) is 0 Å². The molecule has 104 valence electrons. The lowest BCUT2D eigenvalue weighted by molar-refractivity contribution is 0.0698. The predicted octanol–water partition coefficient (Wildman–Crippen LogP) is 2.86. The largest absolute Gasteiger partial charge is 0.494 e. The van der Waals surface area contributed by atoms with Gasteiger partial charge in [0.2, 0.25) is 0 Å². The van der Waals surface area contributed by atoms with E-state index in [1.54, 1.807) is 12.1 Å². The molecule has 6 heteroatoms. The maximum Gasteiger partial charge on any atom is 0.337 e. The Labute approximate surface area is 114 Å². The molecule has 2 rings (SSSR count). The topological polar surface area (TPSA) is 84.6 Å². The van der Waals surface area contributed by atoms with Gasteiger partial charge in [0, 0.05) is 17.4 Å². The molecule has 5 nitrogen and oxygen atoms in total. The summed E-state index contributed by atoms with van der Waals surface area (Å²) in [6, 6.07) is 8.69. The molecule has 0 aliphatic rings. The average Bonchev–Trinajstić information content (AvgIpc) is 2.41. The molecular formula is C14H13FN2O3. The number of nitrogens with two attached hydrogens (primary N) is 1. The van der Waals surface area contributed by atoms with Gasteiger partial charge in [-0.3, -0.25) is 0 Å². The normalized spacial score (nSPS) is 10.1. The van der Waals surface area contributed by atoms with Crippen molar-refractivity contribution in [2.24, 2.45) is 0 Å². The van der Waals surface area contributed by atoms with E-state index in [0.29, 0.717) is 17.1 Å². The second-order valence-electron chi connectivity index (χ2n) is 4.08. The number of benzene rings is 2. The van der Waals surface area contributed by atoms with E-state index in [1.807, 2.05) is 0 Å². The number of carboxylic acids is 1. The fraction of sp³-hybridized carbons (Fsp3) is 0.0714. The monoisotopic (exact) mass is 276 g/mol. The molecule has 0 radical (unpaired) electrons. The second-order valence-corrected chi connectivity index (χ2v) is 4.08. The van der Waals surface area contributed by atoms with E-state index in [4.69, 9.17) is 15.6 Å². The van der Waals surface area contributed by atoms with Crippen molar-refractivity contribution in [1.82, 2.24) is 0 Å². The van der Waals surface area contributed by atoms with Crippen LogP contribution in [0, 0.1) is 5.82 Å². The Bertz CT molecular complexity index is 659. The number of carboxylic acid groups (broad SMARTS) is 1. The summed E-state index contributed by atoms with van der Waals surface area (Å²) >= 11 is 0. The molecule has 0 unspecified atom stereocenters. The number of rotatable bonds is 4. The van der Waals surface area contributed by atoms with Gasteiger partial charge in [0.05, 0.1) is 18.4 Å². The molecule has 0 saturated heterocycles. The average molecular weight is 276 g/mol. The van der Waals surface area contributed by atoms with E-state index in [0.717, 1.165) is 0 Å². The first-order valence-electron chi connectivity index (χ1n) is 5.74. The minimum absolute atomic E-state index is 0.0150. The molecule has 20 heavy (non-hydrogen) atoms. The zero-order valence-corrected chi connectivity index (χ0v) is 10.7. The van der Waals surface area contributed by atoms with E-state index in [1.165, 1.54) is 31.4 Å². The van der Waals surface area contributed by atoms with Crippen molar-refractivity contribution in [3.05, 3.63) is 47.8 Å². The van der Waals surface area contributed by atoms with Gasteiger partial charge in [-0.05, 0) is 30.3 Å². The third kappa shape index (κ3) is 2.80. The van der Waals surface area contributed by atoms with Crippen LogP contribution in [-0.4, -0.2) is 18.2 Å². The van der Waals surface area contributed by atoms with Crippen LogP contribution in [0.5, 0.6) is 5.75 Å². The van der Waals surface area contributed by atoms with Crippen molar-refractivity contribution in [3.63, 3.8) is 0 Å². The predicted molar refractivity (Wildman–Crippen MR) is 74.0 cm³/mol. The molecule has 0 fully saturated rings. The smallest absolute Gasteiger partial charge is 0.337 e. The third-order valence-electron chi connectivity index (χ3n) is 2.70. The maximum atomic E-state index is 13.6. The van der Waals surface area contributed by atoms with E-state index in [-0.39, 0.29) is 11.3 Å². The number of ether oxygens (including phenoxy) is 1. The number of carbonyl (C=O) groups is 1. The van der Waals surface area contributed by atoms with Crippen molar-refractivity contribution >= 4 is 23.0 Å². The highest BCUT2D eigenvalue weighted by atomic mass is 19.1. The van der Waals surface area contributed by atoms with E-state index < -0.39 is 11.8 Å². The Hall–Kier alpha value is -2.76. The number of hydrogen-bond acceptors (Lipinski definition) is 4. The molecular weight excluding hydrogens is 263 g/mol. The molecule has 0 aliphatic carbocycles. The fourth-order valence-corrected chi connectivity index (χ4v) is 1.75. The lowest BCUT2D eigenvalue weighted by Gasteiger charge is -2.11. The van der Waals surface area contributed by atoms with Crippen LogP contribution in [-0.2, 0) is 0 Å². The number of hydrogen-bond donors (Lipinski definition) is 3. The number of aromatic carboxylic acids is 1. The zero-order chi connectivity index (χ0) is 14.7. The van der Waals surface area contributed by atoms with Gasteiger partial charge in [0.15, 0.2) is 11.6 Å². The van der Waals surface area contributed by atoms with Crippen LogP contribution in [0.2, 0.25) is 0 Å². The Balaban J connectivity index is 2.35. The van der Waals surface area contributed by atoms with Crippen LogP contribution < -0.4 is 15.8 Å². The van der Waals surface area contributed by atoms with Crippen LogP contribution in [0.4, 0.5) is 21.5 Å². The van der Waals surface area contributed by atoms with Gasteiger partial charge in [-0.1, -0.05) is 0 Å². The molecule has 2 aromatic carbocycles. The summed E-state index contributed by atoms with van der Waals surface area (Å²) in [6.45, 7) is 0. The standard InChI is InChI=1S/C14H13FN2O3/c1-20-13-5-3-9(7-11(13)15)17-12-4-2-8(16)6-10(12)14(18)19/h2-7,17H,16H2,1H3,(H,18,19). The lowest BCUT2D eigenvalue weighted by Crippen LogP contribution is -2.04. The number of nitrogens with one attached hydrogen (secondary N) is 1. The molecule has 0 amide bonds. The second kappa shape index (κ2) is 5.48. The fourth-order valence-electron chi connectivity index (χ4n) is 1.75. The summed E-state index contributed by atoms with van der Waals surface area (Å²) in [5.41, 5.74) is 6.65. The minimum Gasteiger partial charge on any atom is -0.494 e. The summed E-state index contributed by atoms with van der Waals surface area (Å²) in [7, 11) is 1.37. The van der Waals surface area contributed by atoms with Crippen molar-refractivity contribution < 1.29 is 19.0 Å². The van der Waals surface area contributed by atoms with Gasteiger partial charge in [-0.25, -0.2) is 9.18 Å². The van der Waals surface area contributed by atoms with Crippen molar-refractivity contribution in [3.8, 4) is 5.75 Å². The molecule has 2 aromatic rings. The summed E-state index contributed by atoms with van der Waals surface area (Å²) in [6.07, 6.45) is 0. The Kier molecular flexibility index (Phi) is 3.74. The summed E-state index contributed by atoms with van der Waals surface area (Å²) in [5.74, 6) is -1.54. The summed E-state index contributed by atoms with van der Waals surface area (Å²) < 4.78 is 18.4. The Morgan fingerprint density at radius 3 is 2.65 bits per heavy atom. The quantitative estimate of drug-likeness (QED) is 0.748. The molecule has 0 heterocycles. The summed E-state index contributed by atoms with van der Waals surface area (Å²) in [5, 5.41) is 12.0. The van der Waals surface area contributed by atoms with Gasteiger partial charge in [-0.15, -0.1) is 0 Å². The number of nitrogen functional groups attached to an aromatic ring is 1. The Morgan fingerprint density at radius 2 is 2.05 bits per heavy atom. The Morgan fingerprint density at radius 1 is 1.30 bits per heavy atom. The number of methoxy groups -OCH3 is 1. The summed E-state index contributed by atoms with van der Waals surface area (Å²) in [4.78, 5) is 11.1. The van der Waals surface area contributed by atoms with Crippen molar-refractivity contribution in [2.45, 2.75) is 0 Å². The highest BCUT2D eigenvalue weighted by Gasteiger charge is 2.11. The van der Waals surface area contributed by atoms with E-state index in [9.17, 15) is 9.18 Å². The van der Waals surface area contributed by atoms with Crippen molar-refractivity contribution in [1.29, 1.82) is 0 Å². The van der Waals surface area contributed by atoms with Crippen molar-refractivity contribution in [2.75, 3.05) is 18.2 Å². The molecule has 0 aliphatic heterocycles. The molecule has 0 aromatic heterocycles. The van der Waals surface area contributed by atoms with Gasteiger partial charge in [0.25, 0.3) is 0 Å². The third-order valence-corrected chi connectivity index (χ3v) is 2.70. The van der Waals surface area contributed by atoms with Crippen LogP contribution in [0.3, 0.4) is 0 Å². The first-order chi connectivity index (χ1) is 9.51. The molecule has 0 saturated carbocycles. The molecule has 4 N–H and O–H groups in total. The van der Waals surface area contributed by atoms with Crippen LogP contribution in [0.1, 0.15) is 10.4 Å². The van der Waals surface area contributed by atoms with E-state index in [2.05, 4.69) is 5.32 Å². The molecule has 0 atom stereocenters. The highest BCUT2D eigenvalue weighted by molar-refractivity contribution is 5.96.